The molecule has 1 amide bonds. The second kappa shape index (κ2) is 5.37. The molecule has 0 atom stereocenters. The van der Waals surface area contributed by atoms with Gasteiger partial charge in [0.1, 0.15) is 10.6 Å². The molecule has 0 aliphatic heterocycles. The van der Waals surface area contributed by atoms with E-state index < -0.39 is 10.1 Å². The van der Waals surface area contributed by atoms with Gasteiger partial charge in [0.2, 0.25) is 5.91 Å². The van der Waals surface area contributed by atoms with Gasteiger partial charge in [-0.3, -0.25) is 14.8 Å². The van der Waals surface area contributed by atoms with Crippen molar-refractivity contribution in [2.75, 3.05) is 0 Å². The van der Waals surface area contributed by atoms with Crippen LogP contribution in [0.5, 0.6) is 0 Å². The molecule has 0 spiro atoms. The van der Waals surface area contributed by atoms with E-state index in [1.807, 2.05) is 0 Å². The van der Waals surface area contributed by atoms with Gasteiger partial charge in [0, 0.05) is 6.92 Å². The Morgan fingerprint density at radius 1 is 1.35 bits per heavy atom. The van der Waals surface area contributed by atoms with Gasteiger partial charge >= 0.3 is 0 Å². The van der Waals surface area contributed by atoms with Crippen LogP contribution in [-0.4, -0.2) is 18.9 Å². The quantitative estimate of drug-likeness (QED) is 0.414. The lowest BCUT2D eigenvalue weighted by Crippen LogP contribution is -2.30. The van der Waals surface area contributed by atoms with Gasteiger partial charge in [-0.2, -0.15) is 14.0 Å². The van der Waals surface area contributed by atoms with Crippen LogP contribution in [0.2, 0.25) is 0 Å². The summed E-state index contributed by atoms with van der Waals surface area (Å²) < 4.78 is 30.8. The topological polar surface area (TPSA) is 120 Å². The van der Waals surface area contributed by atoms with Crippen LogP contribution in [0.25, 0.3) is 0 Å². The zero-order valence-electron chi connectivity index (χ0n) is 8.78. The van der Waals surface area contributed by atoms with Gasteiger partial charge in [-0.1, -0.05) is 17.4 Å². The maximum Gasteiger partial charge on any atom is 0.296 e. The number of benzene rings is 1. The minimum absolute atomic E-state index is 0.0483. The Bertz CT molecular complexity index is 540. The summed E-state index contributed by atoms with van der Waals surface area (Å²) in [5.74, 6) is -0.382. The fraction of sp³-hybridized carbons (Fsp3) is 0.125. The van der Waals surface area contributed by atoms with Gasteiger partial charge in [-0.15, -0.1) is 5.11 Å². The van der Waals surface area contributed by atoms with Crippen LogP contribution >= 0.6 is 0 Å². The maximum absolute atomic E-state index is 11.0. The van der Waals surface area contributed by atoms with Crippen molar-refractivity contribution in [3.63, 3.8) is 0 Å². The predicted octanol–water partition coefficient (Wildman–Crippen LogP) is 0.573. The van der Waals surface area contributed by atoms with Gasteiger partial charge < -0.3 is 0 Å². The number of hydrazine groups is 1. The van der Waals surface area contributed by atoms with Gasteiger partial charge in [-0.05, 0) is 12.1 Å². The van der Waals surface area contributed by atoms with E-state index in [1.54, 1.807) is 0 Å². The largest absolute Gasteiger partial charge is 0.296 e. The first-order valence-corrected chi connectivity index (χ1v) is 5.84. The fourth-order valence-corrected chi connectivity index (χ4v) is 1.56. The normalized spacial score (nSPS) is 11.4. The highest BCUT2D eigenvalue weighted by molar-refractivity contribution is 7.86. The molecule has 1 aromatic carbocycles. The number of carbonyl (C=O) groups is 1. The Hall–Kier alpha value is -2.00. The minimum atomic E-state index is -4.36. The Morgan fingerprint density at radius 3 is 2.59 bits per heavy atom. The van der Waals surface area contributed by atoms with Gasteiger partial charge in [0.15, 0.2) is 0 Å². The van der Waals surface area contributed by atoms with Gasteiger partial charge in [0.25, 0.3) is 10.1 Å². The minimum Gasteiger partial charge on any atom is -0.282 e. The number of rotatable bonds is 4. The van der Waals surface area contributed by atoms with Crippen LogP contribution in [0.1, 0.15) is 6.92 Å². The average Bonchev–Trinajstić information content (AvgIpc) is 2.23. The van der Waals surface area contributed by atoms with E-state index in [0.717, 1.165) is 0 Å². The van der Waals surface area contributed by atoms with Crippen molar-refractivity contribution in [2.45, 2.75) is 11.8 Å². The molecule has 0 radical (unpaired) electrons. The molecule has 0 fully saturated rings. The summed E-state index contributed by atoms with van der Waals surface area (Å²) >= 11 is 0. The first kappa shape index (κ1) is 13.1. The van der Waals surface area contributed by atoms with Crippen molar-refractivity contribution in [1.29, 1.82) is 0 Å². The Kier molecular flexibility index (Phi) is 4.12. The molecule has 92 valence electrons. The zero-order chi connectivity index (χ0) is 12.9. The van der Waals surface area contributed by atoms with E-state index in [-0.39, 0.29) is 16.5 Å². The first-order valence-electron chi connectivity index (χ1n) is 4.40. The van der Waals surface area contributed by atoms with Crippen molar-refractivity contribution >= 4 is 21.7 Å². The molecule has 9 heteroatoms. The number of hydrogen-bond donors (Lipinski definition) is 3. The van der Waals surface area contributed by atoms with Gasteiger partial charge in [-0.25, -0.2) is 0 Å². The molecule has 0 aromatic heterocycles. The summed E-state index contributed by atoms with van der Waals surface area (Å²) in [4.78, 5) is 10.1. The van der Waals surface area contributed by atoms with E-state index in [2.05, 4.69) is 21.3 Å². The van der Waals surface area contributed by atoms with Crippen molar-refractivity contribution in [1.82, 2.24) is 11.0 Å². The van der Waals surface area contributed by atoms with E-state index in [4.69, 9.17) is 4.55 Å². The SMILES string of the molecule is CC(=O)NNN=Nc1ccccc1S(=O)(=O)O. The highest BCUT2D eigenvalue weighted by atomic mass is 32.2. The molecule has 0 heterocycles. The monoisotopic (exact) mass is 258 g/mol. The summed E-state index contributed by atoms with van der Waals surface area (Å²) in [7, 11) is -4.36. The van der Waals surface area contributed by atoms with Crippen LogP contribution < -0.4 is 11.0 Å². The third-order valence-electron chi connectivity index (χ3n) is 1.58. The molecule has 8 nitrogen and oxygen atoms in total. The van der Waals surface area contributed by atoms with Crippen LogP contribution in [0.15, 0.2) is 39.5 Å². The average molecular weight is 258 g/mol. The molecule has 1 aromatic rings. The van der Waals surface area contributed by atoms with Gasteiger partial charge in [0.05, 0.1) is 0 Å². The van der Waals surface area contributed by atoms with E-state index in [9.17, 15) is 13.2 Å². The fourth-order valence-electron chi connectivity index (χ4n) is 0.941. The first-order chi connectivity index (χ1) is 7.91. The molecule has 0 unspecified atom stereocenters. The summed E-state index contributed by atoms with van der Waals surface area (Å²) in [6, 6.07) is 5.49. The van der Waals surface area contributed by atoms with Crippen molar-refractivity contribution in [3.05, 3.63) is 24.3 Å². The summed E-state index contributed by atoms with van der Waals surface area (Å²) in [5, 5.41) is 6.83. The lowest BCUT2D eigenvalue weighted by Gasteiger charge is -2.01. The maximum atomic E-state index is 11.0. The summed E-state index contributed by atoms with van der Waals surface area (Å²) in [6.45, 7) is 1.26. The highest BCUT2D eigenvalue weighted by Gasteiger charge is 2.14. The second-order valence-corrected chi connectivity index (χ2v) is 4.33. The molecule has 1 rings (SSSR count). The molecule has 0 aliphatic rings. The molecule has 0 bridgehead atoms. The molecule has 3 N–H and O–H groups in total. The number of nitrogens with zero attached hydrogens (tertiary/aromatic N) is 2. The standard InChI is InChI=1S/C8H10N4O4S/c1-6(13)9-11-12-10-7-4-2-3-5-8(7)17(14,15)16/h2-5H,1H3,(H,10,11)(H,9,12,13)(H,14,15,16). The van der Waals surface area contributed by atoms with Crippen LogP contribution in [0, 0.1) is 0 Å². The van der Waals surface area contributed by atoms with Crippen LogP contribution in [0.4, 0.5) is 5.69 Å². The van der Waals surface area contributed by atoms with Crippen LogP contribution in [0.3, 0.4) is 0 Å². The molecule has 0 saturated heterocycles. The highest BCUT2D eigenvalue weighted by Crippen LogP contribution is 2.23. The Morgan fingerprint density at radius 2 is 2.00 bits per heavy atom. The number of amides is 1. The summed E-state index contributed by atoms with van der Waals surface area (Å²) in [6.07, 6.45) is 0. The predicted molar refractivity (Wildman–Crippen MR) is 57.7 cm³/mol. The van der Waals surface area contributed by atoms with E-state index in [1.165, 1.54) is 31.2 Å². The number of nitrogens with one attached hydrogen (secondary N) is 2. The Balaban J connectivity index is 2.88. The van der Waals surface area contributed by atoms with E-state index in [0.29, 0.717) is 0 Å². The Labute approximate surface area is 97.4 Å². The smallest absolute Gasteiger partial charge is 0.282 e. The zero-order valence-corrected chi connectivity index (χ0v) is 9.60. The third-order valence-corrected chi connectivity index (χ3v) is 2.48. The molecule has 0 saturated carbocycles. The van der Waals surface area contributed by atoms with Crippen molar-refractivity contribution < 1.29 is 17.8 Å². The lowest BCUT2D eigenvalue weighted by atomic mass is 10.3. The molecule has 0 aliphatic carbocycles. The van der Waals surface area contributed by atoms with E-state index >= 15 is 0 Å². The number of hydrogen-bond acceptors (Lipinski definition) is 5. The summed E-state index contributed by atoms with van der Waals surface area (Å²) in [5.41, 5.74) is 4.16. The van der Waals surface area contributed by atoms with Crippen molar-refractivity contribution in [2.24, 2.45) is 10.3 Å². The third kappa shape index (κ3) is 4.17. The second-order valence-electron chi connectivity index (χ2n) is 2.94. The number of carbonyl (C=O) groups excluding carboxylic acids is 1. The van der Waals surface area contributed by atoms with Crippen LogP contribution in [-0.2, 0) is 14.9 Å². The molecular weight excluding hydrogens is 248 g/mol. The van der Waals surface area contributed by atoms with Crippen molar-refractivity contribution in [3.8, 4) is 0 Å². The lowest BCUT2D eigenvalue weighted by molar-refractivity contribution is -0.119. The molecular formula is C8H10N4O4S. The molecule has 17 heavy (non-hydrogen) atoms.